The number of amides is 2. The van der Waals surface area contributed by atoms with Crippen molar-refractivity contribution in [3.8, 4) is 0 Å². The molecule has 0 atom stereocenters. The van der Waals surface area contributed by atoms with Crippen molar-refractivity contribution in [3.05, 3.63) is 23.8 Å². The predicted molar refractivity (Wildman–Crippen MR) is 119 cm³/mol. The molecule has 3 aliphatic rings. The summed E-state index contributed by atoms with van der Waals surface area (Å²) in [6, 6.07) is 5.21. The van der Waals surface area contributed by atoms with Gasteiger partial charge in [0.2, 0.25) is 21.8 Å². The van der Waals surface area contributed by atoms with Gasteiger partial charge < -0.3 is 10.2 Å². The topological polar surface area (TPSA) is 86.8 Å². The van der Waals surface area contributed by atoms with Crippen molar-refractivity contribution in [1.82, 2.24) is 9.62 Å². The summed E-state index contributed by atoms with van der Waals surface area (Å²) < 4.78 is 27.9. The second-order valence-corrected chi connectivity index (χ2v) is 11.2. The molecule has 0 aromatic heterocycles. The van der Waals surface area contributed by atoms with Gasteiger partial charge in [-0.3, -0.25) is 9.59 Å². The lowest BCUT2D eigenvalue weighted by Crippen LogP contribution is -2.43. The van der Waals surface area contributed by atoms with E-state index in [9.17, 15) is 18.0 Å². The zero-order chi connectivity index (χ0) is 22.0. The fourth-order valence-corrected chi connectivity index (χ4v) is 6.44. The van der Waals surface area contributed by atoms with Crippen molar-refractivity contribution in [2.75, 3.05) is 24.5 Å². The van der Waals surface area contributed by atoms with E-state index < -0.39 is 10.0 Å². The van der Waals surface area contributed by atoms with Gasteiger partial charge in [-0.15, -0.1) is 0 Å². The normalized spacial score (nSPS) is 21.7. The lowest BCUT2D eigenvalue weighted by molar-refractivity contribution is -0.124. The van der Waals surface area contributed by atoms with E-state index in [4.69, 9.17) is 0 Å². The average molecular weight is 448 g/mol. The van der Waals surface area contributed by atoms with Crippen molar-refractivity contribution >= 4 is 27.5 Å². The molecule has 2 heterocycles. The summed E-state index contributed by atoms with van der Waals surface area (Å²) in [7, 11) is -3.55. The average Bonchev–Trinajstić information content (AvgIpc) is 3.20. The SMILES string of the molecule is CC1CCN(S(=O)(=O)c2ccc3c(c2)CCCC(=O)N3CC(=O)NC2CCCC2)CC1. The smallest absolute Gasteiger partial charge is 0.243 e. The van der Waals surface area contributed by atoms with Crippen LogP contribution in [0.1, 0.15) is 63.9 Å². The van der Waals surface area contributed by atoms with E-state index in [2.05, 4.69) is 12.2 Å². The summed E-state index contributed by atoms with van der Waals surface area (Å²) in [4.78, 5) is 27.1. The van der Waals surface area contributed by atoms with Gasteiger partial charge in [0.05, 0.1) is 4.90 Å². The fourth-order valence-electron chi connectivity index (χ4n) is 4.92. The number of carbonyl (C=O) groups excluding carboxylic acids is 2. The number of nitrogens with one attached hydrogen (secondary N) is 1. The van der Waals surface area contributed by atoms with E-state index in [-0.39, 0.29) is 29.3 Å². The molecule has 0 spiro atoms. The van der Waals surface area contributed by atoms with Crippen LogP contribution in [0.25, 0.3) is 0 Å². The summed E-state index contributed by atoms with van der Waals surface area (Å²) in [5.74, 6) is 0.321. The minimum Gasteiger partial charge on any atom is -0.352 e. The number of rotatable bonds is 5. The number of piperidine rings is 1. The van der Waals surface area contributed by atoms with Crippen LogP contribution in [0, 0.1) is 5.92 Å². The summed E-state index contributed by atoms with van der Waals surface area (Å²) >= 11 is 0. The van der Waals surface area contributed by atoms with Crippen LogP contribution in [0.2, 0.25) is 0 Å². The Balaban J connectivity index is 1.55. The molecule has 1 saturated heterocycles. The zero-order valence-electron chi connectivity index (χ0n) is 18.3. The molecule has 7 nitrogen and oxygen atoms in total. The van der Waals surface area contributed by atoms with Gasteiger partial charge in [0.25, 0.3) is 0 Å². The summed E-state index contributed by atoms with van der Waals surface area (Å²) in [5, 5.41) is 3.04. The molecule has 1 saturated carbocycles. The summed E-state index contributed by atoms with van der Waals surface area (Å²) in [6.45, 7) is 3.23. The van der Waals surface area contributed by atoms with Crippen LogP contribution >= 0.6 is 0 Å². The lowest BCUT2D eigenvalue weighted by Gasteiger charge is -2.30. The molecule has 0 bridgehead atoms. The first kappa shape index (κ1) is 22.3. The third kappa shape index (κ3) is 4.95. The van der Waals surface area contributed by atoms with E-state index in [0.29, 0.717) is 44.0 Å². The quantitative estimate of drug-likeness (QED) is 0.752. The predicted octanol–water partition coefficient (Wildman–Crippen LogP) is 2.84. The molecule has 2 aliphatic heterocycles. The van der Waals surface area contributed by atoms with Crippen LogP contribution in [-0.2, 0) is 26.0 Å². The van der Waals surface area contributed by atoms with Crippen LogP contribution < -0.4 is 10.2 Å². The van der Waals surface area contributed by atoms with Crippen LogP contribution in [0.3, 0.4) is 0 Å². The molecule has 8 heteroatoms. The van der Waals surface area contributed by atoms with Gasteiger partial charge in [0.15, 0.2) is 0 Å². The Bertz CT molecular complexity index is 932. The number of carbonyl (C=O) groups is 2. The number of nitrogens with zero attached hydrogens (tertiary/aromatic N) is 2. The molecule has 2 amide bonds. The van der Waals surface area contributed by atoms with Gasteiger partial charge in [0, 0.05) is 31.2 Å². The molecule has 4 rings (SSSR count). The summed E-state index contributed by atoms with van der Waals surface area (Å²) in [6.07, 6.45) is 7.63. The van der Waals surface area contributed by atoms with E-state index in [1.54, 1.807) is 22.5 Å². The second kappa shape index (κ2) is 9.28. The van der Waals surface area contributed by atoms with Gasteiger partial charge in [-0.05, 0) is 68.2 Å². The monoisotopic (exact) mass is 447 g/mol. The maximum absolute atomic E-state index is 13.2. The van der Waals surface area contributed by atoms with Crippen LogP contribution in [-0.4, -0.2) is 50.2 Å². The number of benzene rings is 1. The fraction of sp³-hybridized carbons (Fsp3) is 0.652. The molecule has 31 heavy (non-hydrogen) atoms. The number of sulfonamides is 1. The Hall–Kier alpha value is -1.93. The molecular weight excluding hydrogens is 414 g/mol. The molecule has 0 unspecified atom stereocenters. The van der Waals surface area contributed by atoms with Crippen LogP contribution in [0.5, 0.6) is 0 Å². The Morgan fingerprint density at radius 2 is 1.77 bits per heavy atom. The largest absolute Gasteiger partial charge is 0.352 e. The Labute approximate surface area is 185 Å². The van der Waals surface area contributed by atoms with E-state index in [0.717, 1.165) is 44.1 Å². The first-order valence-corrected chi connectivity index (χ1v) is 13.0. The number of aryl methyl sites for hydroxylation is 1. The highest BCUT2D eigenvalue weighted by atomic mass is 32.2. The molecule has 1 aromatic carbocycles. The number of fused-ring (bicyclic) bond motifs is 1. The lowest BCUT2D eigenvalue weighted by atomic mass is 10.0. The van der Waals surface area contributed by atoms with Gasteiger partial charge in [-0.1, -0.05) is 19.8 Å². The number of hydrogen-bond acceptors (Lipinski definition) is 4. The molecule has 170 valence electrons. The highest BCUT2D eigenvalue weighted by Gasteiger charge is 2.31. The van der Waals surface area contributed by atoms with Gasteiger partial charge in [-0.2, -0.15) is 4.31 Å². The molecule has 1 N–H and O–H groups in total. The Morgan fingerprint density at radius 1 is 1.06 bits per heavy atom. The van der Waals surface area contributed by atoms with Crippen molar-refractivity contribution < 1.29 is 18.0 Å². The second-order valence-electron chi connectivity index (χ2n) is 9.26. The zero-order valence-corrected chi connectivity index (χ0v) is 19.1. The van der Waals surface area contributed by atoms with E-state index in [1.807, 2.05) is 0 Å². The minimum absolute atomic E-state index is 0.0154. The van der Waals surface area contributed by atoms with E-state index >= 15 is 0 Å². The van der Waals surface area contributed by atoms with E-state index in [1.165, 1.54) is 4.90 Å². The first-order chi connectivity index (χ1) is 14.8. The van der Waals surface area contributed by atoms with Crippen molar-refractivity contribution in [2.24, 2.45) is 5.92 Å². The Kier molecular flexibility index (Phi) is 6.67. The van der Waals surface area contributed by atoms with Crippen molar-refractivity contribution in [3.63, 3.8) is 0 Å². The van der Waals surface area contributed by atoms with Crippen LogP contribution in [0.4, 0.5) is 5.69 Å². The summed E-state index contributed by atoms with van der Waals surface area (Å²) in [5.41, 5.74) is 1.49. The number of anilines is 1. The number of hydrogen-bond donors (Lipinski definition) is 1. The van der Waals surface area contributed by atoms with Gasteiger partial charge in [0.1, 0.15) is 6.54 Å². The minimum atomic E-state index is -3.55. The molecule has 0 radical (unpaired) electrons. The third-order valence-corrected chi connectivity index (χ3v) is 8.78. The highest BCUT2D eigenvalue weighted by molar-refractivity contribution is 7.89. The maximum Gasteiger partial charge on any atom is 0.243 e. The van der Waals surface area contributed by atoms with Gasteiger partial charge >= 0.3 is 0 Å². The Morgan fingerprint density at radius 3 is 2.48 bits per heavy atom. The van der Waals surface area contributed by atoms with Crippen LogP contribution in [0.15, 0.2) is 23.1 Å². The van der Waals surface area contributed by atoms with Gasteiger partial charge in [-0.25, -0.2) is 8.42 Å². The van der Waals surface area contributed by atoms with Crippen molar-refractivity contribution in [1.29, 1.82) is 0 Å². The molecule has 1 aliphatic carbocycles. The highest BCUT2D eigenvalue weighted by Crippen LogP contribution is 2.31. The molecule has 2 fully saturated rings. The first-order valence-electron chi connectivity index (χ1n) is 11.6. The maximum atomic E-state index is 13.2. The standard InChI is InChI=1S/C23H33N3O4S/c1-17-11-13-25(14-12-17)31(29,30)20-9-10-21-18(15-20)5-4-8-23(28)26(21)16-22(27)24-19-6-2-3-7-19/h9-10,15,17,19H,2-8,11-14,16H2,1H3,(H,24,27). The molecular formula is C23H33N3O4S. The van der Waals surface area contributed by atoms with Crippen molar-refractivity contribution in [2.45, 2.75) is 75.6 Å². The third-order valence-electron chi connectivity index (χ3n) is 6.88. The molecule has 1 aromatic rings.